The first-order chi connectivity index (χ1) is 7.95. The van der Waals surface area contributed by atoms with Crippen LogP contribution < -0.4 is 0 Å². The van der Waals surface area contributed by atoms with Gasteiger partial charge in [0.2, 0.25) is 0 Å². The van der Waals surface area contributed by atoms with Crippen molar-refractivity contribution in [2.24, 2.45) is 5.41 Å². The molecule has 2 nitrogen and oxygen atoms in total. The molecule has 1 fully saturated rings. The van der Waals surface area contributed by atoms with E-state index in [1.807, 2.05) is 0 Å². The molecule has 0 bridgehead atoms. The highest BCUT2D eigenvalue weighted by Crippen LogP contribution is 2.41. The summed E-state index contributed by atoms with van der Waals surface area (Å²) in [6, 6.07) is 2.54. The van der Waals surface area contributed by atoms with Crippen molar-refractivity contribution in [1.29, 1.82) is 5.26 Å². The van der Waals surface area contributed by atoms with Crippen LogP contribution in [0.1, 0.15) is 57.2 Å². The summed E-state index contributed by atoms with van der Waals surface area (Å²) in [6.07, 6.45) is 5.35. The van der Waals surface area contributed by atoms with Crippen molar-refractivity contribution in [2.45, 2.75) is 58.3 Å². The summed E-state index contributed by atoms with van der Waals surface area (Å²) in [5, 5.41) is 12.7. The second-order valence-corrected chi connectivity index (χ2v) is 7.10. The molecule has 17 heavy (non-hydrogen) atoms. The highest BCUT2D eigenvalue weighted by molar-refractivity contribution is 7.09. The lowest BCUT2D eigenvalue weighted by atomic mass is 9.85. The van der Waals surface area contributed by atoms with Gasteiger partial charge in [-0.25, -0.2) is 4.98 Å². The van der Waals surface area contributed by atoms with Crippen molar-refractivity contribution in [1.82, 2.24) is 4.98 Å². The van der Waals surface area contributed by atoms with Crippen LogP contribution in [0.2, 0.25) is 0 Å². The maximum Gasteiger partial charge on any atom is 0.0944 e. The smallest absolute Gasteiger partial charge is 0.0944 e. The third kappa shape index (κ3) is 2.69. The van der Waals surface area contributed by atoms with Crippen molar-refractivity contribution in [3.8, 4) is 6.07 Å². The summed E-state index contributed by atoms with van der Waals surface area (Å²) in [4.78, 5) is 4.71. The van der Waals surface area contributed by atoms with Gasteiger partial charge in [0.25, 0.3) is 0 Å². The number of hydrogen-bond acceptors (Lipinski definition) is 3. The van der Waals surface area contributed by atoms with E-state index in [1.165, 1.54) is 12.8 Å². The minimum atomic E-state index is -0.118. The lowest BCUT2D eigenvalue weighted by Gasteiger charge is -2.18. The molecular weight excluding hydrogens is 228 g/mol. The van der Waals surface area contributed by atoms with Gasteiger partial charge in [0.15, 0.2) is 0 Å². The van der Waals surface area contributed by atoms with E-state index in [9.17, 15) is 5.26 Å². The van der Waals surface area contributed by atoms with Crippen LogP contribution >= 0.6 is 11.3 Å². The molecule has 3 heteroatoms. The molecule has 1 aliphatic rings. The highest BCUT2D eigenvalue weighted by Gasteiger charge is 2.35. The van der Waals surface area contributed by atoms with Gasteiger partial charge in [0.1, 0.15) is 0 Å². The molecule has 2 rings (SSSR count). The summed E-state index contributed by atoms with van der Waals surface area (Å²) in [5.74, 6) is 0. The van der Waals surface area contributed by atoms with E-state index in [-0.39, 0.29) is 10.8 Å². The van der Waals surface area contributed by atoms with Gasteiger partial charge >= 0.3 is 0 Å². The fourth-order valence-corrected chi connectivity index (χ4v) is 3.57. The first-order valence-corrected chi connectivity index (χ1v) is 7.19. The van der Waals surface area contributed by atoms with Crippen LogP contribution in [-0.2, 0) is 11.8 Å². The Morgan fingerprint density at radius 2 is 2.06 bits per heavy atom. The van der Waals surface area contributed by atoms with Gasteiger partial charge in [-0.1, -0.05) is 33.6 Å². The molecule has 0 aliphatic heterocycles. The number of hydrogen-bond donors (Lipinski definition) is 0. The van der Waals surface area contributed by atoms with Crippen LogP contribution in [0.15, 0.2) is 5.38 Å². The molecule has 0 N–H and O–H groups in total. The van der Waals surface area contributed by atoms with Crippen LogP contribution in [0, 0.1) is 16.7 Å². The predicted molar refractivity (Wildman–Crippen MR) is 71.0 cm³/mol. The Bertz CT molecular complexity index is 428. The normalized spacial score (nSPS) is 19.2. The van der Waals surface area contributed by atoms with E-state index in [0.29, 0.717) is 0 Å². The van der Waals surface area contributed by atoms with Crippen LogP contribution in [0.25, 0.3) is 0 Å². The molecule has 0 atom stereocenters. The second-order valence-electron chi connectivity index (χ2n) is 6.15. The molecule has 0 saturated heterocycles. The minimum Gasteiger partial charge on any atom is -0.246 e. The molecule has 0 amide bonds. The fraction of sp³-hybridized carbons (Fsp3) is 0.714. The largest absolute Gasteiger partial charge is 0.246 e. The molecule has 1 aromatic heterocycles. The summed E-state index contributed by atoms with van der Waals surface area (Å²) in [7, 11) is 0. The van der Waals surface area contributed by atoms with Gasteiger partial charge in [-0.15, -0.1) is 11.3 Å². The van der Waals surface area contributed by atoms with Gasteiger partial charge < -0.3 is 0 Å². The van der Waals surface area contributed by atoms with Crippen LogP contribution in [0.3, 0.4) is 0 Å². The molecular formula is C14H20N2S. The Morgan fingerprint density at radius 3 is 2.53 bits per heavy atom. The summed E-state index contributed by atoms with van der Waals surface area (Å²) in [6.45, 7) is 6.55. The Kier molecular flexibility index (Phi) is 3.27. The molecule has 1 heterocycles. The maximum absolute atomic E-state index is 9.37. The fourth-order valence-electron chi connectivity index (χ4n) is 2.41. The van der Waals surface area contributed by atoms with Gasteiger partial charge in [0.05, 0.1) is 22.2 Å². The molecule has 92 valence electrons. The molecule has 1 saturated carbocycles. The van der Waals surface area contributed by atoms with E-state index >= 15 is 0 Å². The third-order valence-electron chi connectivity index (χ3n) is 3.61. The molecule has 1 aromatic rings. The molecule has 1 aliphatic carbocycles. The standard InChI is InChI=1S/C14H20N2S/c1-13(2,3)11-9-17-12(16-11)8-14(10-15)6-4-5-7-14/h9H,4-8H2,1-3H3. The predicted octanol–water partition coefficient (Wildman–Crippen LogP) is 4.07. The van der Waals surface area contributed by atoms with Gasteiger partial charge in [0, 0.05) is 17.2 Å². The van der Waals surface area contributed by atoms with Crippen LogP contribution in [0.4, 0.5) is 0 Å². The molecule has 0 spiro atoms. The number of thiazole rings is 1. The van der Waals surface area contributed by atoms with Crippen molar-refractivity contribution >= 4 is 11.3 Å². The Labute approximate surface area is 108 Å². The Morgan fingerprint density at radius 1 is 1.41 bits per heavy atom. The Hall–Kier alpha value is -0.880. The number of aromatic nitrogens is 1. The molecule has 0 unspecified atom stereocenters. The SMILES string of the molecule is CC(C)(C)c1csc(CC2(C#N)CCCC2)n1. The second kappa shape index (κ2) is 4.42. The van der Waals surface area contributed by atoms with Crippen LogP contribution in [0.5, 0.6) is 0 Å². The number of rotatable bonds is 2. The maximum atomic E-state index is 9.37. The lowest BCUT2D eigenvalue weighted by molar-refractivity contribution is 0.406. The first-order valence-electron chi connectivity index (χ1n) is 6.31. The quantitative estimate of drug-likeness (QED) is 0.791. The zero-order valence-electron chi connectivity index (χ0n) is 10.9. The number of nitriles is 1. The first kappa shape index (κ1) is 12.6. The average Bonchev–Trinajstić information content (AvgIpc) is 2.87. The van der Waals surface area contributed by atoms with E-state index in [1.54, 1.807) is 11.3 Å². The van der Waals surface area contributed by atoms with E-state index in [2.05, 4.69) is 32.2 Å². The summed E-state index contributed by atoms with van der Waals surface area (Å²) in [5.41, 5.74) is 1.15. The third-order valence-corrected chi connectivity index (χ3v) is 4.46. The molecule has 0 radical (unpaired) electrons. The van der Waals surface area contributed by atoms with Crippen molar-refractivity contribution in [3.05, 3.63) is 16.1 Å². The molecule has 0 aromatic carbocycles. The van der Waals surface area contributed by atoms with Gasteiger partial charge in [-0.2, -0.15) is 5.26 Å². The van der Waals surface area contributed by atoms with E-state index < -0.39 is 0 Å². The van der Waals surface area contributed by atoms with Gasteiger partial charge in [-0.3, -0.25) is 0 Å². The average molecular weight is 248 g/mol. The topological polar surface area (TPSA) is 36.7 Å². The van der Waals surface area contributed by atoms with E-state index in [4.69, 9.17) is 4.98 Å². The Balaban J connectivity index is 2.14. The zero-order chi connectivity index (χ0) is 12.5. The zero-order valence-corrected chi connectivity index (χ0v) is 11.7. The van der Waals surface area contributed by atoms with Crippen molar-refractivity contribution < 1.29 is 0 Å². The highest BCUT2D eigenvalue weighted by atomic mass is 32.1. The van der Waals surface area contributed by atoms with Gasteiger partial charge in [-0.05, 0) is 12.8 Å². The van der Waals surface area contributed by atoms with E-state index in [0.717, 1.165) is 30.0 Å². The lowest BCUT2D eigenvalue weighted by Crippen LogP contribution is -2.17. The monoisotopic (exact) mass is 248 g/mol. The van der Waals surface area contributed by atoms with Crippen molar-refractivity contribution in [2.75, 3.05) is 0 Å². The number of nitrogens with zero attached hydrogens (tertiary/aromatic N) is 2. The van der Waals surface area contributed by atoms with Crippen LogP contribution in [-0.4, -0.2) is 4.98 Å². The minimum absolute atomic E-state index is 0.115. The summed E-state index contributed by atoms with van der Waals surface area (Å²) >= 11 is 1.71. The summed E-state index contributed by atoms with van der Waals surface area (Å²) < 4.78 is 0. The van der Waals surface area contributed by atoms with Crippen molar-refractivity contribution in [3.63, 3.8) is 0 Å².